The zero-order chi connectivity index (χ0) is 23.7. The molecule has 0 aliphatic carbocycles. The Morgan fingerprint density at radius 1 is 0.818 bits per heavy atom. The molecule has 1 aliphatic rings. The van der Waals surface area contributed by atoms with Gasteiger partial charge in [0.25, 0.3) is 11.8 Å². The average Bonchev–Trinajstić information content (AvgIpc) is 3.01. The van der Waals surface area contributed by atoms with E-state index in [2.05, 4.69) is 5.32 Å². The largest absolute Gasteiger partial charge is 0.494 e. The summed E-state index contributed by atoms with van der Waals surface area (Å²) >= 11 is 0. The maximum atomic E-state index is 14.4. The van der Waals surface area contributed by atoms with Crippen LogP contribution in [-0.2, 0) is 9.59 Å². The summed E-state index contributed by atoms with van der Waals surface area (Å²) < 4.78 is 60.2. The highest BCUT2D eigenvalue weighted by Crippen LogP contribution is 2.35. The standard InChI is InChI=1S/C24H16F4N2O3/c1-2-33-16-7-3-13(4-8-16)21-22(29-15-6-9-17(26)18(27)12-15)24(32)30(23(21)31)20-10-5-14(25)11-19(20)28/h3-12,29H,2H2,1H3. The second-order valence-electron chi connectivity index (χ2n) is 7.00. The summed E-state index contributed by atoms with van der Waals surface area (Å²) in [7, 11) is 0. The Hall–Kier alpha value is -4.14. The molecule has 0 atom stereocenters. The first-order chi connectivity index (χ1) is 15.8. The van der Waals surface area contributed by atoms with Crippen molar-refractivity contribution in [2.24, 2.45) is 0 Å². The minimum Gasteiger partial charge on any atom is -0.494 e. The van der Waals surface area contributed by atoms with Gasteiger partial charge in [-0.2, -0.15) is 0 Å². The van der Waals surface area contributed by atoms with E-state index in [9.17, 15) is 27.2 Å². The summed E-state index contributed by atoms with van der Waals surface area (Å²) in [4.78, 5) is 27.0. The molecule has 2 amide bonds. The van der Waals surface area contributed by atoms with E-state index in [4.69, 9.17) is 4.74 Å². The highest BCUT2D eigenvalue weighted by molar-refractivity contribution is 6.46. The molecule has 0 bridgehead atoms. The zero-order valence-electron chi connectivity index (χ0n) is 17.2. The van der Waals surface area contributed by atoms with Crippen molar-refractivity contribution < 1.29 is 31.9 Å². The molecule has 9 heteroatoms. The van der Waals surface area contributed by atoms with Gasteiger partial charge in [-0.3, -0.25) is 9.59 Å². The first-order valence-corrected chi connectivity index (χ1v) is 9.83. The second kappa shape index (κ2) is 8.78. The molecule has 4 rings (SSSR count). The molecular formula is C24H16F4N2O3. The molecule has 0 spiro atoms. The number of ether oxygens (including phenoxy) is 1. The van der Waals surface area contributed by atoms with Crippen molar-refractivity contribution in [1.29, 1.82) is 0 Å². The van der Waals surface area contributed by atoms with Crippen LogP contribution in [0, 0.1) is 23.3 Å². The van der Waals surface area contributed by atoms with Gasteiger partial charge < -0.3 is 10.1 Å². The van der Waals surface area contributed by atoms with Gasteiger partial charge in [0, 0.05) is 17.8 Å². The quantitative estimate of drug-likeness (QED) is 0.417. The first kappa shape index (κ1) is 22.1. The molecule has 5 nitrogen and oxygen atoms in total. The number of imide groups is 1. The predicted octanol–water partition coefficient (Wildman–Crippen LogP) is 5.04. The van der Waals surface area contributed by atoms with Gasteiger partial charge in [0.2, 0.25) is 0 Å². The molecule has 1 N–H and O–H groups in total. The van der Waals surface area contributed by atoms with Crippen LogP contribution in [0.1, 0.15) is 12.5 Å². The third kappa shape index (κ3) is 4.17. The molecule has 0 radical (unpaired) electrons. The molecule has 3 aromatic carbocycles. The lowest BCUT2D eigenvalue weighted by Gasteiger charge is -2.16. The predicted molar refractivity (Wildman–Crippen MR) is 113 cm³/mol. The van der Waals surface area contributed by atoms with Crippen molar-refractivity contribution in [3.05, 3.63) is 95.2 Å². The number of benzene rings is 3. The number of hydrogen-bond acceptors (Lipinski definition) is 4. The Balaban J connectivity index is 1.82. The lowest BCUT2D eigenvalue weighted by atomic mass is 10.0. The van der Waals surface area contributed by atoms with E-state index in [-0.39, 0.29) is 17.0 Å². The van der Waals surface area contributed by atoms with Crippen LogP contribution in [0.5, 0.6) is 5.75 Å². The summed E-state index contributed by atoms with van der Waals surface area (Å²) in [5, 5.41) is 2.64. The minimum atomic E-state index is -1.17. The van der Waals surface area contributed by atoms with Crippen molar-refractivity contribution in [1.82, 2.24) is 0 Å². The van der Waals surface area contributed by atoms with Gasteiger partial charge in [0.1, 0.15) is 23.1 Å². The molecule has 168 valence electrons. The Labute approximate surface area is 185 Å². The van der Waals surface area contributed by atoms with Gasteiger partial charge in [0.15, 0.2) is 11.6 Å². The van der Waals surface area contributed by atoms with Crippen LogP contribution < -0.4 is 15.0 Å². The van der Waals surface area contributed by atoms with Gasteiger partial charge >= 0.3 is 0 Å². The van der Waals surface area contributed by atoms with Crippen molar-refractivity contribution in [2.75, 3.05) is 16.8 Å². The molecule has 0 unspecified atom stereocenters. The smallest absolute Gasteiger partial charge is 0.282 e. The maximum Gasteiger partial charge on any atom is 0.282 e. The maximum absolute atomic E-state index is 14.4. The van der Waals surface area contributed by atoms with E-state index in [1.54, 1.807) is 19.1 Å². The van der Waals surface area contributed by atoms with Crippen LogP contribution in [-0.4, -0.2) is 18.4 Å². The number of anilines is 2. The summed E-state index contributed by atoms with van der Waals surface area (Å²) in [6.07, 6.45) is 0. The van der Waals surface area contributed by atoms with E-state index in [1.807, 2.05) is 0 Å². The number of amides is 2. The third-order valence-electron chi connectivity index (χ3n) is 4.88. The first-order valence-electron chi connectivity index (χ1n) is 9.83. The molecule has 0 aromatic heterocycles. The highest BCUT2D eigenvalue weighted by atomic mass is 19.2. The molecule has 1 heterocycles. The van der Waals surface area contributed by atoms with Crippen LogP contribution in [0.2, 0.25) is 0 Å². The van der Waals surface area contributed by atoms with Crippen molar-refractivity contribution in [3.63, 3.8) is 0 Å². The van der Waals surface area contributed by atoms with Crippen LogP contribution in [0.3, 0.4) is 0 Å². The lowest BCUT2D eigenvalue weighted by molar-refractivity contribution is -0.120. The number of nitrogens with zero attached hydrogens (tertiary/aromatic N) is 1. The summed E-state index contributed by atoms with van der Waals surface area (Å²) in [5.74, 6) is -5.55. The molecule has 3 aromatic rings. The molecule has 0 fully saturated rings. The highest BCUT2D eigenvalue weighted by Gasteiger charge is 2.41. The number of rotatable bonds is 6. The van der Waals surface area contributed by atoms with Gasteiger partial charge in [0.05, 0.1) is 17.9 Å². The number of nitrogens with one attached hydrogen (secondary N) is 1. The lowest BCUT2D eigenvalue weighted by Crippen LogP contribution is -2.33. The SMILES string of the molecule is CCOc1ccc(C2=C(Nc3ccc(F)c(F)c3)C(=O)N(c3ccc(F)cc3F)C2=O)cc1. The van der Waals surface area contributed by atoms with E-state index < -0.39 is 40.8 Å². The van der Waals surface area contributed by atoms with Crippen molar-refractivity contribution >= 4 is 28.8 Å². The Morgan fingerprint density at radius 2 is 1.55 bits per heavy atom. The number of carbonyl (C=O) groups excluding carboxylic acids is 2. The molecule has 1 aliphatic heterocycles. The monoisotopic (exact) mass is 456 g/mol. The molecular weight excluding hydrogens is 440 g/mol. The fourth-order valence-electron chi connectivity index (χ4n) is 3.40. The average molecular weight is 456 g/mol. The van der Waals surface area contributed by atoms with E-state index in [0.717, 1.165) is 24.3 Å². The van der Waals surface area contributed by atoms with Crippen LogP contribution in [0.25, 0.3) is 5.57 Å². The van der Waals surface area contributed by atoms with Gasteiger partial charge in [-0.25, -0.2) is 22.5 Å². The Morgan fingerprint density at radius 3 is 2.18 bits per heavy atom. The van der Waals surface area contributed by atoms with Crippen molar-refractivity contribution in [2.45, 2.75) is 6.92 Å². The van der Waals surface area contributed by atoms with E-state index in [0.29, 0.717) is 28.9 Å². The molecule has 33 heavy (non-hydrogen) atoms. The van der Waals surface area contributed by atoms with Crippen LogP contribution in [0.4, 0.5) is 28.9 Å². The van der Waals surface area contributed by atoms with Gasteiger partial charge in [-0.15, -0.1) is 0 Å². The summed E-state index contributed by atoms with van der Waals surface area (Å²) in [6.45, 7) is 2.22. The molecule has 0 saturated carbocycles. The number of carbonyl (C=O) groups is 2. The van der Waals surface area contributed by atoms with Crippen LogP contribution in [0.15, 0.2) is 66.4 Å². The minimum absolute atomic E-state index is 0.00471. The fourth-order valence-corrected chi connectivity index (χ4v) is 3.40. The Bertz CT molecular complexity index is 1290. The van der Waals surface area contributed by atoms with Gasteiger partial charge in [-0.05, 0) is 48.9 Å². The second-order valence-corrected chi connectivity index (χ2v) is 7.00. The summed E-state index contributed by atoms with van der Waals surface area (Å²) in [5.41, 5.74) is -0.561. The third-order valence-corrected chi connectivity index (χ3v) is 4.88. The van der Waals surface area contributed by atoms with Crippen LogP contribution >= 0.6 is 0 Å². The van der Waals surface area contributed by atoms with Crippen molar-refractivity contribution in [3.8, 4) is 5.75 Å². The summed E-state index contributed by atoms with van der Waals surface area (Å²) in [6, 6.07) is 11.5. The van der Waals surface area contributed by atoms with Gasteiger partial charge in [-0.1, -0.05) is 12.1 Å². The fraction of sp³-hybridized carbons (Fsp3) is 0.0833. The Kier molecular flexibility index (Phi) is 5.87. The zero-order valence-corrected chi connectivity index (χ0v) is 17.2. The normalized spacial score (nSPS) is 13.7. The van der Waals surface area contributed by atoms with E-state index in [1.165, 1.54) is 18.2 Å². The number of hydrogen-bond donors (Lipinski definition) is 1. The van der Waals surface area contributed by atoms with E-state index >= 15 is 0 Å². The molecule has 0 saturated heterocycles. The number of halogens is 4. The topological polar surface area (TPSA) is 58.6 Å².